The average molecular weight is 343 g/mol. The summed E-state index contributed by atoms with van der Waals surface area (Å²) in [6.45, 7) is 1.69. The van der Waals surface area contributed by atoms with Gasteiger partial charge in [0.25, 0.3) is 5.91 Å². The second kappa shape index (κ2) is 5.72. The third-order valence-corrected chi connectivity index (χ3v) is 3.84. The van der Waals surface area contributed by atoms with Crippen molar-refractivity contribution in [2.24, 2.45) is 0 Å². The lowest BCUT2D eigenvalue weighted by Gasteiger charge is -2.08. The van der Waals surface area contributed by atoms with E-state index in [0.717, 1.165) is 4.47 Å². The smallest absolute Gasteiger partial charge is 0.255 e. The van der Waals surface area contributed by atoms with Gasteiger partial charge in [0.1, 0.15) is 5.82 Å². The molecule has 0 bridgehead atoms. The Morgan fingerprint density at radius 1 is 1.26 bits per heavy atom. The molecule has 0 spiro atoms. The number of carbonyl (C=O) groups is 1. The Balaban J connectivity index is 2.23. The lowest BCUT2D eigenvalue weighted by atomic mass is 10.1. The first-order valence-electron chi connectivity index (χ1n) is 5.50. The summed E-state index contributed by atoms with van der Waals surface area (Å²) in [6, 6.07) is 9.16. The topological polar surface area (TPSA) is 29.1 Å². The normalized spacial score (nSPS) is 10.3. The van der Waals surface area contributed by atoms with E-state index < -0.39 is 0 Å². The van der Waals surface area contributed by atoms with E-state index in [-0.39, 0.29) is 11.7 Å². The van der Waals surface area contributed by atoms with Gasteiger partial charge in [-0.15, -0.1) is 0 Å². The molecule has 0 saturated heterocycles. The lowest BCUT2D eigenvalue weighted by Crippen LogP contribution is -2.13. The summed E-state index contributed by atoms with van der Waals surface area (Å²) in [5.74, 6) is -0.656. The molecule has 2 rings (SSSR count). The van der Waals surface area contributed by atoms with Crippen LogP contribution in [0.15, 0.2) is 40.9 Å². The van der Waals surface area contributed by atoms with Crippen LogP contribution in [0.2, 0.25) is 5.02 Å². The summed E-state index contributed by atoms with van der Waals surface area (Å²) in [6.07, 6.45) is 0. The van der Waals surface area contributed by atoms with E-state index in [4.69, 9.17) is 11.6 Å². The second-order valence-electron chi connectivity index (χ2n) is 4.04. The zero-order chi connectivity index (χ0) is 14.0. The summed E-state index contributed by atoms with van der Waals surface area (Å²) in [4.78, 5) is 12.1. The minimum atomic E-state index is -0.360. The molecule has 0 radical (unpaired) electrons. The quantitative estimate of drug-likeness (QED) is 0.834. The second-order valence-corrected chi connectivity index (χ2v) is 5.30. The Morgan fingerprint density at radius 2 is 2.00 bits per heavy atom. The minimum Gasteiger partial charge on any atom is -0.322 e. The Morgan fingerprint density at radius 3 is 2.63 bits per heavy atom. The molecule has 0 aliphatic rings. The van der Waals surface area contributed by atoms with Gasteiger partial charge in [-0.25, -0.2) is 4.39 Å². The number of nitrogens with one attached hydrogen (secondary N) is 1. The van der Waals surface area contributed by atoms with Crippen LogP contribution in [0.1, 0.15) is 15.9 Å². The molecule has 0 aliphatic carbocycles. The van der Waals surface area contributed by atoms with E-state index in [1.807, 2.05) is 0 Å². The summed E-state index contributed by atoms with van der Waals surface area (Å²) in [5.41, 5.74) is 1.60. The van der Waals surface area contributed by atoms with E-state index in [2.05, 4.69) is 21.2 Å². The predicted octanol–water partition coefficient (Wildman–Crippen LogP) is 4.80. The standard InChI is InChI=1S/C14H10BrClFNO/c1-8-6-9(17)2-4-11(8)14(19)18-10-3-5-12(15)13(16)7-10/h2-7H,1H3,(H,18,19). The van der Waals surface area contributed by atoms with Crippen molar-refractivity contribution in [3.63, 3.8) is 0 Å². The van der Waals surface area contributed by atoms with Crippen molar-refractivity contribution in [1.82, 2.24) is 0 Å². The first kappa shape index (κ1) is 14.0. The summed E-state index contributed by atoms with van der Waals surface area (Å²) in [5, 5.41) is 3.23. The maximum Gasteiger partial charge on any atom is 0.255 e. The number of hydrogen-bond acceptors (Lipinski definition) is 1. The van der Waals surface area contributed by atoms with Gasteiger partial charge in [-0.05, 0) is 64.8 Å². The molecule has 0 atom stereocenters. The van der Waals surface area contributed by atoms with Gasteiger partial charge < -0.3 is 5.32 Å². The Labute approximate surface area is 123 Å². The van der Waals surface area contributed by atoms with E-state index in [1.54, 1.807) is 25.1 Å². The van der Waals surface area contributed by atoms with Crippen LogP contribution in [0.3, 0.4) is 0 Å². The van der Waals surface area contributed by atoms with Gasteiger partial charge >= 0.3 is 0 Å². The maximum atomic E-state index is 13.0. The number of benzene rings is 2. The molecule has 1 amide bonds. The fourth-order valence-corrected chi connectivity index (χ4v) is 2.08. The van der Waals surface area contributed by atoms with Crippen molar-refractivity contribution in [2.75, 3.05) is 5.32 Å². The molecule has 0 unspecified atom stereocenters. The lowest BCUT2D eigenvalue weighted by molar-refractivity contribution is 0.102. The SMILES string of the molecule is Cc1cc(F)ccc1C(=O)Nc1ccc(Br)c(Cl)c1. The number of hydrogen-bond donors (Lipinski definition) is 1. The number of anilines is 1. The molecule has 2 aromatic rings. The molecular weight excluding hydrogens is 333 g/mol. The van der Waals surface area contributed by atoms with Gasteiger partial charge in [0.05, 0.1) is 5.02 Å². The molecule has 0 fully saturated rings. The van der Waals surface area contributed by atoms with Gasteiger partial charge in [0.15, 0.2) is 0 Å². The molecule has 19 heavy (non-hydrogen) atoms. The number of halogens is 3. The van der Waals surface area contributed by atoms with Gasteiger partial charge in [-0.2, -0.15) is 0 Å². The van der Waals surface area contributed by atoms with Crippen LogP contribution in [0, 0.1) is 12.7 Å². The maximum absolute atomic E-state index is 13.0. The van der Waals surface area contributed by atoms with Crippen LogP contribution >= 0.6 is 27.5 Å². The largest absolute Gasteiger partial charge is 0.322 e. The molecular formula is C14H10BrClFNO. The first-order chi connectivity index (χ1) is 8.97. The summed E-state index contributed by atoms with van der Waals surface area (Å²) < 4.78 is 13.7. The molecule has 0 heterocycles. The van der Waals surface area contributed by atoms with Gasteiger partial charge in [0, 0.05) is 15.7 Å². The molecule has 2 nitrogen and oxygen atoms in total. The van der Waals surface area contributed by atoms with Crippen molar-refractivity contribution < 1.29 is 9.18 Å². The van der Waals surface area contributed by atoms with E-state index in [1.165, 1.54) is 18.2 Å². The van der Waals surface area contributed by atoms with Crippen molar-refractivity contribution in [3.05, 3.63) is 62.8 Å². The zero-order valence-electron chi connectivity index (χ0n) is 10.0. The Kier molecular flexibility index (Phi) is 4.22. The van der Waals surface area contributed by atoms with Crippen LogP contribution in [-0.4, -0.2) is 5.91 Å². The number of amides is 1. The molecule has 1 N–H and O–H groups in total. The van der Waals surface area contributed by atoms with Crippen LogP contribution in [0.4, 0.5) is 10.1 Å². The highest BCUT2D eigenvalue weighted by Crippen LogP contribution is 2.26. The van der Waals surface area contributed by atoms with Crippen molar-refractivity contribution in [3.8, 4) is 0 Å². The van der Waals surface area contributed by atoms with Crippen LogP contribution in [-0.2, 0) is 0 Å². The minimum absolute atomic E-state index is 0.295. The molecule has 2 aromatic carbocycles. The zero-order valence-corrected chi connectivity index (χ0v) is 12.3. The predicted molar refractivity (Wildman–Crippen MR) is 78.2 cm³/mol. The highest BCUT2D eigenvalue weighted by atomic mass is 79.9. The molecule has 0 aliphatic heterocycles. The summed E-state index contributed by atoms with van der Waals surface area (Å²) in [7, 11) is 0. The van der Waals surface area contributed by atoms with Crippen LogP contribution in [0.5, 0.6) is 0 Å². The number of aryl methyl sites for hydroxylation is 1. The summed E-state index contributed by atoms with van der Waals surface area (Å²) >= 11 is 9.22. The highest BCUT2D eigenvalue weighted by Gasteiger charge is 2.10. The fourth-order valence-electron chi connectivity index (χ4n) is 1.65. The molecule has 0 saturated carbocycles. The van der Waals surface area contributed by atoms with Crippen LogP contribution in [0.25, 0.3) is 0 Å². The van der Waals surface area contributed by atoms with Crippen molar-refractivity contribution in [1.29, 1.82) is 0 Å². The van der Waals surface area contributed by atoms with Gasteiger partial charge in [-0.3, -0.25) is 4.79 Å². The van der Waals surface area contributed by atoms with E-state index in [0.29, 0.717) is 21.8 Å². The number of rotatable bonds is 2. The third-order valence-electron chi connectivity index (χ3n) is 2.61. The first-order valence-corrected chi connectivity index (χ1v) is 6.67. The molecule has 5 heteroatoms. The van der Waals surface area contributed by atoms with E-state index in [9.17, 15) is 9.18 Å². The van der Waals surface area contributed by atoms with Crippen molar-refractivity contribution in [2.45, 2.75) is 6.92 Å². The monoisotopic (exact) mass is 341 g/mol. The molecule has 98 valence electrons. The molecule has 0 aromatic heterocycles. The fraction of sp³-hybridized carbons (Fsp3) is 0.0714. The Bertz CT molecular complexity index is 645. The Hall–Kier alpha value is -1.39. The van der Waals surface area contributed by atoms with E-state index >= 15 is 0 Å². The highest BCUT2D eigenvalue weighted by molar-refractivity contribution is 9.10. The van der Waals surface area contributed by atoms with Crippen LogP contribution < -0.4 is 5.32 Å². The van der Waals surface area contributed by atoms with Gasteiger partial charge in [0.2, 0.25) is 0 Å². The number of carbonyl (C=O) groups excluding carboxylic acids is 1. The third kappa shape index (κ3) is 3.33. The van der Waals surface area contributed by atoms with Gasteiger partial charge in [-0.1, -0.05) is 11.6 Å². The average Bonchev–Trinajstić information content (AvgIpc) is 2.33. The van der Waals surface area contributed by atoms with Crippen molar-refractivity contribution >= 4 is 39.1 Å².